The first-order valence-electron chi connectivity index (χ1n) is 8.67. The van der Waals surface area contributed by atoms with Crippen LogP contribution in [0.25, 0.3) is 0 Å². The first-order chi connectivity index (χ1) is 11.1. The second-order valence-corrected chi connectivity index (χ2v) is 6.87. The summed E-state index contributed by atoms with van der Waals surface area (Å²) in [7, 11) is 3.91. The Hall–Kier alpha value is -1.85. The van der Waals surface area contributed by atoms with Gasteiger partial charge in [0.05, 0.1) is 0 Å². The first kappa shape index (κ1) is 16.0. The van der Waals surface area contributed by atoms with Crippen molar-refractivity contribution in [2.24, 2.45) is 5.92 Å². The molecule has 1 aromatic rings. The molecule has 1 aromatic heterocycles. The van der Waals surface area contributed by atoms with Crippen LogP contribution in [-0.2, 0) is 4.79 Å². The molecule has 2 fully saturated rings. The van der Waals surface area contributed by atoms with Gasteiger partial charge in [0.1, 0.15) is 0 Å². The van der Waals surface area contributed by atoms with Gasteiger partial charge in [0.2, 0.25) is 5.91 Å². The van der Waals surface area contributed by atoms with Crippen molar-refractivity contribution in [3.8, 4) is 0 Å². The quantitative estimate of drug-likeness (QED) is 0.847. The maximum Gasteiger partial charge on any atom is 0.222 e. The lowest BCUT2D eigenvalue weighted by molar-refractivity contribution is -0.132. The molecule has 1 saturated heterocycles. The number of hydrogen-bond acceptors (Lipinski definition) is 5. The molecule has 6 nitrogen and oxygen atoms in total. The summed E-state index contributed by atoms with van der Waals surface area (Å²) in [5.74, 6) is 2.73. The predicted octanol–water partition coefficient (Wildman–Crippen LogP) is 1.77. The summed E-state index contributed by atoms with van der Waals surface area (Å²) < 4.78 is 0. The van der Waals surface area contributed by atoms with Gasteiger partial charge in [0.25, 0.3) is 0 Å². The molecule has 0 spiro atoms. The fourth-order valence-electron chi connectivity index (χ4n) is 3.50. The van der Waals surface area contributed by atoms with Gasteiger partial charge in [0.15, 0.2) is 11.6 Å². The summed E-state index contributed by atoms with van der Waals surface area (Å²) in [6.07, 6.45) is 5.82. The van der Waals surface area contributed by atoms with Crippen LogP contribution in [0.3, 0.4) is 0 Å². The van der Waals surface area contributed by atoms with Crippen LogP contribution in [0.1, 0.15) is 32.1 Å². The van der Waals surface area contributed by atoms with Gasteiger partial charge in [0, 0.05) is 46.7 Å². The minimum Gasteiger partial charge on any atom is -0.361 e. The van der Waals surface area contributed by atoms with Crippen LogP contribution in [-0.4, -0.2) is 61.3 Å². The number of carbonyl (C=O) groups excluding carboxylic acids is 1. The molecule has 23 heavy (non-hydrogen) atoms. The van der Waals surface area contributed by atoms with Crippen LogP contribution < -0.4 is 9.80 Å². The van der Waals surface area contributed by atoms with E-state index in [0.717, 1.165) is 44.2 Å². The summed E-state index contributed by atoms with van der Waals surface area (Å²) in [6.45, 7) is 3.27. The molecule has 0 bridgehead atoms. The zero-order valence-electron chi connectivity index (χ0n) is 14.2. The molecule has 3 rings (SSSR count). The van der Waals surface area contributed by atoms with Gasteiger partial charge >= 0.3 is 0 Å². The lowest BCUT2D eigenvalue weighted by atomic mass is 10.0. The maximum atomic E-state index is 12.4. The van der Waals surface area contributed by atoms with Crippen molar-refractivity contribution >= 4 is 17.5 Å². The summed E-state index contributed by atoms with van der Waals surface area (Å²) in [5, 5.41) is 8.54. The van der Waals surface area contributed by atoms with Crippen molar-refractivity contribution in [1.29, 1.82) is 0 Å². The van der Waals surface area contributed by atoms with E-state index in [0.29, 0.717) is 11.8 Å². The SMILES string of the molecule is CN(C)c1ccc(N2CCN(C(=O)CC3CCCC3)CC2)nn1. The molecular formula is C17H27N5O. The highest BCUT2D eigenvalue weighted by molar-refractivity contribution is 5.76. The first-order valence-corrected chi connectivity index (χ1v) is 8.67. The smallest absolute Gasteiger partial charge is 0.222 e. The Kier molecular flexibility index (Phi) is 4.98. The number of rotatable bonds is 4. The monoisotopic (exact) mass is 317 g/mol. The molecule has 1 amide bonds. The molecule has 2 aliphatic rings. The van der Waals surface area contributed by atoms with Crippen LogP contribution in [0.5, 0.6) is 0 Å². The summed E-state index contributed by atoms with van der Waals surface area (Å²) >= 11 is 0. The Morgan fingerprint density at radius 1 is 1.13 bits per heavy atom. The maximum absolute atomic E-state index is 12.4. The van der Waals surface area contributed by atoms with E-state index in [1.807, 2.05) is 36.0 Å². The number of hydrogen-bond donors (Lipinski definition) is 0. The normalized spacial score (nSPS) is 19.2. The zero-order valence-corrected chi connectivity index (χ0v) is 14.2. The molecule has 0 aromatic carbocycles. The summed E-state index contributed by atoms with van der Waals surface area (Å²) in [6, 6.07) is 4.00. The number of aromatic nitrogens is 2. The average Bonchev–Trinajstić information content (AvgIpc) is 3.08. The van der Waals surface area contributed by atoms with Crippen molar-refractivity contribution in [3.63, 3.8) is 0 Å². The standard InChI is InChI=1S/C17H27N5O/c1-20(2)15-7-8-16(19-18-15)21-9-11-22(12-10-21)17(23)13-14-5-3-4-6-14/h7-8,14H,3-6,9-13H2,1-2H3. The van der Waals surface area contributed by atoms with Crippen LogP contribution in [0.2, 0.25) is 0 Å². The fraction of sp³-hybridized carbons (Fsp3) is 0.706. The van der Waals surface area contributed by atoms with E-state index in [1.54, 1.807) is 0 Å². The van der Waals surface area contributed by atoms with Crippen molar-refractivity contribution < 1.29 is 4.79 Å². The van der Waals surface area contributed by atoms with E-state index < -0.39 is 0 Å². The third-order valence-corrected chi connectivity index (χ3v) is 4.99. The van der Waals surface area contributed by atoms with Gasteiger partial charge in [-0.2, -0.15) is 0 Å². The second kappa shape index (κ2) is 7.15. The molecule has 0 atom stereocenters. The molecular weight excluding hydrogens is 290 g/mol. The molecule has 1 saturated carbocycles. The third kappa shape index (κ3) is 3.92. The number of carbonyl (C=O) groups is 1. The van der Waals surface area contributed by atoms with Gasteiger partial charge in [-0.15, -0.1) is 10.2 Å². The zero-order chi connectivity index (χ0) is 16.2. The second-order valence-electron chi connectivity index (χ2n) is 6.87. The highest BCUT2D eigenvalue weighted by Crippen LogP contribution is 2.28. The highest BCUT2D eigenvalue weighted by atomic mass is 16.2. The van der Waals surface area contributed by atoms with Gasteiger partial charge in [-0.1, -0.05) is 12.8 Å². The van der Waals surface area contributed by atoms with Crippen molar-refractivity contribution in [3.05, 3.63) is 12.1 Å². The lowest BCUT2D eigenvalue weighted by Gasteiger charge is -2.35. The van der Waals surface area contributed by atoms with Crippen molar-refractivity contribution in [1.82, 2.24) is 15.1 Å². The number of anilines is 2. The van der Waals surface area contributed by atoms with Gasteiger partial charge in [-0.3, -0.25) is 4.79 Å². The van der Waals surface area contributed by atoms with Crippen LogP contribution in [0.4, 0.5) is 11.6 Å². The molecule has 0 unspecified atom stereocenters. The summed E-state index contributed by atoms with van der Waals surface area (Å²) in [5.41, 5.74) is 0. The largest absolute Gasteiger partial charge is 0.361 e. The topological polar surface area (TPSA) is 52.6 Å². The van der Waals surface area contributed by atoms with Gasteiger partial charge < -0.3 is 14.7 Å². The molecule has 0 N–H and O–H groups in total. The van der Waals surface area contributed by atoms with Crippen LogP contribution in [0.15, 0.2) is 12.1 Å². The number of nitrogens with zero attached hydrogens (tertiary/aromatic N) is 5. The summed E-state index contributed by atoms with van der Waals surface area (Å²) in [4.78, 5) is 18.6. The van der Waals surface area contributed by atoms with E-state index in [1.165, 1.54) is 25.7 Å². The van der Waals surface area contributed by atoms with E-state index in [2.05, 4.69) is 15.1 Å². The van der Waals surface area contributed by atoms with Crippen molar-refractivity contribution in [2.45, 2.75) is 32.1 Å². The highest BCUT2D eigenvalue weighted by Gasteiger charge is 2.25. The molecule has 6 heteroatoms. The van der Waals surface area contributed by atoms with E-state index >= 15 is 0 Å². The van der Waals surface area contributed by atoms with E-state index in [-0.39, 0.29) is 0 Å². The Morgan fingerprint density at radius 2 is 1.83 bits per heavy atom. The number of piperazine rings is 1. The molecule has 2 heterocycles. The third-order valence-electron chi connectivity index (χ3n) is 4.99. The lowest BCUT2D eigenvalue weighted by Crippen LogP contribution is -2.49. The average molecular weight is 317 g/mol. The fourth-order valence-corrected chi connectivity index (χ4v) is 3.50. The number of amides is 1. The Bertz CT molecular complexity index is 516. The van der Waals surface area contributed by atoms with E-state index in [4.69, 9.17) is 0 Å². The van der Waals surface area contributed by atoms with Gasteiger partial charge in [-0.05, 0) is 30.9 Å². The Morgan fingerprint density at radius 3 is 2.39 bits per heavy atom. The van der Waals surface area contributed by atoms with E-state index in [9.17, 15) is 4.79 Å². The Balaban J connectivity index is 1.50. The molecule has 126 valence electrons. The minimum atomic E-state index is 0.339. The van der Waals surface area contributed by atoms with Gasteiger partial charge in [-0.25, -0.2) is 0 Å². The molecule has 1 aliphatic heterocycles. The van der Waals surface area contributed by atoms with Crippen molar-refractivity contribution in [2.75, 3.05) is 50.1 Å². The minimum absolute atomic E-state index is 0.339. The van der Waals surface area contributed by atoms with Crippen LogP contribution >= 0.6 is 0 Å². The predicted molar refractivity (Wildman–Crippen MR) is 91.7 cm³/mol. The Labute approximate surface area is 138 Å². The molecule has 0 radical (unpaired) electrons. The molecule has 1 aliphatic carbocycles. The van der Waals surface area contributed by atoms with Crippen LogP contribution in [0, 0.1) is 5.92 Å².